The largest absolute Gasteiger partial charge is 0.497 e. The number of aliphatic hydroxyl groups excluding tert-OH is 1. The number of anilines is 1. The van der Waals surface area contributed by atoms with Crippen LogP contribution in [0.25, 0.3) is 0 Å². The molecule has 0 aromatic heterocycles. The maximum Gasteiger partial charge on any atom is 0.262 e. The van der Waals surface area contributed by atoms with Crippen LogP contribution in [0.15, 0.2) is 47.4 Å². The maximum absolute atomic E-state index is 12.9. The van der Waals surface area contributed by atoms with Crippen LogP contribution in [0.1, 0.15) is 37.7 Å². The van der Waals surface area contributed by atoms with Gasteiger partial charge >= 0.3 is 0 Å². The van der Waals surface area contributed by atoms with Gasteiger partial charge in [0.15, 0.2) is 0 Å². The fourth-order valence-corrected chi connectivity index (χ4v) is 5.56. The van der Waals surface area contributed by atoms with Crippen molar-refractivity contribution >= 4 is 21.6 Å². The maximum atomic E-state index is 12.9. The number of hydrogen-bond acceptors (Lipinski definition) is 7. The molecular weight excluding hydrogens is 460 g/mol. The minimum Gasteiger partial charge on any atom is -0.497 e. The summed E-state index contributed by atoms with van der Waals surface area (Å²) in [7, 11) is -2.36. The number of amides is 1. The van der Waals surface area contributed by atoms with Crippen LogP contribution in [0, 0.1) is 0 Å². The smallest absolute Gasteiger partial charge is 0.262 e. The quantitative estimate of drug-likeness (QED) is 0.493. The second-order valence-electron chi connectivity index (χ2n) is 8.49. The van der Waals surface area contributed by atoms with Gasteiger partial charge in [0.25, 0.3) is 10.0 Å². The van der Waals surface area contributed by atoms with Crippen LogP contribution < -0.4 is 19.5 Å². The zero-order valence-corrected chi connectivity index (χ0v) is 20.0. The molecule has 0 spiro atoms. The van der Waals surface area contributed by atoms with Crippen LogP contribution in [-0.4, -0.2) is 58.0 Å². The lowest BCUT2D eigenvalue weighted by molar-refractivity contribution is -0.142. The zero-order chi connectivity index (χ0) is 24.3. The topological polar surface area (TPSA) is 123 Å². The summed E-state index contributed by atoms with van der Waals surface area (Å²) in [5.41, 5.74) is 1.23. The van der Waals surface area contributed by atoms with Crippen molar-refractivity contribution in [2.24, 2.45) is 0 Å². The monoisotopic (exact) mass is 490 g/mol. The lowest BCUT2D eigenvalue weighted by Crippen LogP contribution is -2.47. The SMILES string of the molecule is CCCNC(=O)C[C@@H]1C[C@H]2c3cc(NS(=O)(=O)c4cccc(OC)c4)ccc3O[C@H]2[C@H](CO)O1. The summed E-state index contributed by atoms with van der Waals surface area (Å²) >= 11 is 0. The van der Waals surface area contributed by atoms with E-state index >= 15 is 0 Å². The van der Waals surface area contributed by atoms with Crippen LogP contribution in [0.5, 0.6) is 11.5 Å². The normalized spacial score (nSPS) is 23.4. The Kier molecular flexibility index (Phi) is 7.30. The molecule has 10 heteroatoms. The first-order chi connectivity index (χ1) is 16.3. The summed E-state index contributed by atoms with van der Waals surface area (Å²) in [6, 6.07) is 11.3. The second kappa shape index (κ2) is 10.2. The van der Waals surface area contributed by atoms with Crippen molar-refractivity contribution in [3.63, 3.8) is 0 Å². The molecule has 0 bridgehead atoms. The van der Waals surface area contributed by atoms with Crippen LogP contribution >= 0.6 is 0 Å². The van der Waals surface area contributed by atoms with Gasteiger partial charge in [0.05, 0.1) is 31.1 Å². The van der Waals surface area contributed by atoms with E-state index in [2.05, 4.69) is 10.0 Å². The molecule has 0 saturated carbocycles. The van der Waals surface area contributed by atoms with Crippen molar-refractivity contribution in [2.75, 3.05) is 25.0 Å². The second-order valence-corrected chi connectivity index (χ2v) is 10.2. The first-order valence-corrected chi connectivity index (χ1v) is 12.8. The number of sulfonamides is 1. The number of carbonyl (C=O) groups excluding carboxylic acids is 1. The van der Waals surface area contributed by atoms with Gasteiger partial charge in [-0.05, 0) is 43.2 Å². The number of nitrogens with one attached hydrogen (secondary N) is 2. The average molecular weight is 491 g/mol. The molecule has 34 heavy (non-hydrogen) atoms. The zero-order valence-electron chi connectivity index (χ0n) is 19.2. The molecule has 184 valence electrons. The van der Waals surface area contributed by atoms with Gasteiger partial charge in [-0.25, -0.2) is 8.42 Å². The molecule has 4 rings (SSSR count). The number of carbonyl (C=O) groups is 1. The molecule has 2 aromatic rings. The molecule has 1 saturated heterocycles. The van der Waals surface area contributed by atoms with Gasteiger partial charge in [0.2, 0.25) is 5.91 Å². The van der Waals surface area contributed by atoms with E-state index in [1.807, 2.05) is 6.92 Å². The molecule has 2 heterocycles. The van der Waals surface area contributed by atoms with E-state index in [1.54, 1.807) is 30.3 Å². The summed E-state index contributed by atoms with van der Waals surface area (Å²) in [6.07, 6.45) is 0.211. The highest BCUT2D eigenvalue weighted by Crippen LogP contribution is 2.47. The number of benzene rings is 2. The molecule has 0 aliphatic carbocycles. The number of aliphatic hydroxyl groups is 1. The number of fused-ring (bicyclic) bond motifs is 3. The Morgan fingerprint density at radius 1 is 1.24 bits per heavy atom. The van der Waals surface area contributed by atoms with Crippen molar-refractivity contribution < 1.29 is 32.5 Å². The van der Waals surface area contributed by atoms with Crippen LogP contribution in [-0.2, 0) is 19.6 Å². The van der Waals surface area contributed by atoms with Gasteiger partial charge in [-0.2, -0.15) is 0 Å². The Morgan fingerprint density at radius 3 is 2.79 bits per heavy atom. The minimum absolute atomic E-state index is 0.0889. The molecular formula is C24H30N2O7S. The van der Waals surface area contributed by atoms with Gasteiger partial charge in [-0.15, -0.1) is 0 Å². The molecule has 0 radical (unpaired) electrons. The Hall–Kier alpha value is -2.82. The van der Waals surface area contributed by atoms with E-state index in [0.29, 0.717) is 30.2 Å². The number of hydrogen-bond donors (Lipinski definition) is 3. The Balaban J connectivity index is 1.54. The molecule has 9 nitrogen and oxygen atoms in total. The van der Waals surface area contributed by atoms with Gasteiger partial charge in [-0.3, -0.25) is 9.52 Å². The first-order valence-electron chi connectivity index (χ1n) is 11.3. The molecule has 2 aromatic carbocycles. The highest BCUT2D eigenvalue weighted by atomic mass is 32.2. The Labute approximate surface area is 199 Å². The van der Waals surface area contributed by atoms with Crippen molar-refractivity contribution in [1.82, 2.24) is 5.32 Å². The third-order valence-corrected chi connectivity index (χ3v) is 7.47. The summed E-state index contributed by atoms with van der Waals surface area (Å²) in [4.78, 5) is 12.3. The van der Waals surface area contributed by atoms with E-state index in [-0.39, 0.29) is 35.9 Å². The van der Waals surface area contributed by atoms with Crippen LogP contribution in [0.4, 0.5) is 5.69 Å². The van der Waals surface area contributed by atoms with Gasteiger partial charge in [-0.1, -0.05) is 13.0 Å². The highest BCUT2D eigenvalue weighted by molar-refractivity contribution is 7.92. The summed E-state index contributed by atoms with van der Waals surface area (Å²) < 4.78 is 45.6. The number of ether oxygens (including phenoxy) is 3. The third kappa shape index (κ3) is 5.13. The molecule has 1 fully saturated rings. The Morgan fingerprint density at radius 2 is 2.06 bits per heavy atom. The van der Waals surface area contributed by atoms with Crippen molar-refractivity contribution in [2.45, 2.75) is 55.3 Å². The Bertz CT molecular complexity index is 1140. The third-order valence-electron chi connectivity index (χ3n) is 6.09. The number of methoxy groups -OCH3 is 1. The van der Waals surface area contributed by atoms with E-state index in [0.717, 1.165) is 12.0 Å². The van der Waals surface area contributed by atoms with E-state index in [1.165, 1.54) is 19.2 Å². The molecule has 3 N–H and O–H groups in total. The molecule has 2 aliphatic heterocycles. The molecule has 0 unspecified atom stereocenters. The average Bonchev–Trinajstić information content (AvgIpc) is 3.20. The van der Waals surface area contributed by atoms with Crippen molar-refractivity contribution in [3.8, 4) is 11.5 Å². The fourth-order valence-electron chi connectivity index (χ4n) is 4.48. The van der Waals surface area contributed by atoms with E-state index in [9.17, 15) is 18.3 Å². The van der Waals surface area contributed by atoms with Crippen molar-refractivity contribution in [3.05, 3.63) is 48.0 Å². The number of rotatable bonds is 9. The summed E-state index contributed by atoms with van der Waals surface area (Å²) in [5.74, 6) is 0.837. The molecule has 1 amide bonds. The van der Waals surface area contributed by atoms with E-state index in [4.69, 9.17) is 14.2 Å². The standard InChI is InChI=1S/C24H30N2O7S/c1-3-9-25-23(28)13-17-12-20-19-10-15(7-8-21(19)33-24(20)22(14-27)32-17)26-34(29,30)18-6-4-5-16(11-18)31-2/h4-8,10-11,17,20,22,24,26-27H,3,9,12-14H2,1-2H3,(H,25,28)/t17-,20-,22-,24+/m0/s1. The van der Waals surface area contributed by atoms with Gasteiger partial charge in [0.1, 0.15) is 23.7 Å². The van der Waals surface area contributed by atoms with Crippen molar-refractivity contribution in [1.29, 1.82) is 0 Å². The first kappa shape index (κ1) is 24.3. The van der Waals surface area contributed by atoms with Crippen LogP contribution in [0.2, 0.25) is 0 Å². The summed E-state index contributed by atoms with van der Waals surface area (Å²) in [5, 5.41) is 12.7. The van der Waals surface area contributed by atoms with Gasteiger partial charge < -0.3 is 24.6 Å². The minimum atomic E-state index is -3.83. The predicted molar refractivity (Wildman–Crippen MR) is 126 cm³/mol. The predicted octanol–water partition coefficient (Wildman–Crippen LogP) is 2.41. The lowest BCUT2D eigenvalue weighted by Gasteiger charge is -2.37. The van der Waals surface area contributed by atoms with Gasteiger partial charge in [0, 0.05) is 29.8 Å². The fraction of sp³-hybridized carbons (Fsp3) is 0.458. The molecule has 2 aliphatic rings. The van der Waals surface area contributed by atoms with Crippen LogP contribution in [0.3, 0.4) is 0 Å². The molecule has 4 atom stereocenters. The highest BCUT2D eigenvalue weighted by Gasteiger charge is 2.46. The summed E-state index contributed by atoms with van der Waals surface area (Å²) in [6.45, 7) is 2.35. The lowest BCUT2D eigenvalue weighted by atomic mass is 9.84. The van der Waals surface area contributed by atoms with E-state index < -0.39 is 22.2 Å².